The van der Waals surface area contributed by atoms with E-state index in [-0.39, 0.29) is 12.0 Å². The minimum Gasteiger partial charge on any atom is -0.444 e. The van der Waals surface area contributed by atoms with Crippen molar-refractivity contribution in [2.75, 3.05) is 38.1 Å². The average molecular weight is 348 g/mol. The molecule has 0 unspecified atom stereocenters. The van der Waals surface area contributed by atoms with Crippen LogP contribution in [0.25, 0.3) is 0 Å². The molecule has 138 valence electrons. The number of pyridine rings is 1. The highest BCUT2D eigenvalue weighted by molar-refractivity contribution is 5.92. The zero-order valence-corrected chi connectivity index (χ0v) is 15.8. The van der Waals surface area contributed by atoms with Crippen LogP contribution < -0.4 is 10.2 Å². The fourth-order valence-electron chi connectivity index (χ4n) is 2.75. The van der Waals surface area contributed by atoms with Crippen molar-refractivity contribution in [3.63, 3.8) is 0 Å². The fraction of sp³-hybridized carbons (Fsp3) is 0.611. The number of rotatable bonds is 3. The number of aryl methyl sites for hydroxylation is 1. The number of anilines is 1. The van der Waals surface area contributed by atoms with Gasteiger partial charge < -0.3 is 19.9 Å². The summed E-state index contributed by atoms with van der Waals surface area (Å²) in [5.74, 6) is -0.184. The van der Waals surface area contributed by atoms with Crippen LogP contribution in [0.1, 0.15) is 43.9 Å². The normalized spacial score (nSPS) is 15.1. The second-order valence-electron chi connectivity index (χ2n) is 7.05. The molecule has 0 radical (unpaired) electrons. The number of hydrogen-bond acceptors (Lipinski definition) is 5. The van der Waals surface area contributed by atoms with Crippen molar-refractivity contribution in [2.24, 2.45) is 0 Å². The van der Waals surface area contributed by atoms with Crippen molar-refractivity contribution in [1.29, 1.82) is 0 Å². The van der Waals surface area contributed by atoms with E-state index >= 15 is 0 Å². The van der Waals surface area contributed by atoms with Crippen LogP contribution in [0.2, 0.25) is 0 Å². The highest BCUT2D eigenvalue weighted by atomic mass is 16.6. The largest absolute Gasteiger partial charge is 0.444 e. The van der Waals surface area contributed by atoms with Gasteiger partial charge in [-0.15, -0.1) is 0 Å². The molecule has 0 aliphatic carbocycles. The summed E-state index contributed by atoms with van der Waals surface area (Å²) in [5.41, 5.74) is 1.87. The summed E-state index contributed by atoms with van der Waals surface area (Å²) in [6, 6.07) is 3.69. The Morgan fingerprint density at radius 1 is 1.20 bits per heavy atom. The first kappa shape index (κ1) is 19.0. The van der Waals surface area contributed by atoms with Crippen LogP contribution in [0.5, 0.6) is 0 Å². The minimum atomic E-state index is -0.483. The molecule has 0 aromatic carbocycles. The minimum absolute atomic E-state index is 0.184. The Morgan fingerprint density at radius 2 is 1.84 bits per heavy atom. The number of carbonyl (C=O) groups is 2. The number of aromatic nitrogens is 1. The second-order valence-corrected chi connectivity index (χ2v) is 7.05. The molecule has 2 rings (SSSR count). The number of nitrogens with one attached hydrogen (secondary N) is 1. The van der Waals surface area contributed by atoms with E-state index in [9.17, 15) is 9.59 Å². The van der Waals surface area contributed by atoms with Gasteiger partial charge in [-0.05, 0) is 39.3 Å². The van der Waals surface area contributed by atoms with Gasteiger partial charge in [-0.2, -0.15) is 0 Å². The summed E-state index contributed by atoms with van der Waals surface area (Å²) in [6.45, 7) is 10.3. The van der Waals surface area contributed by atoms with Crippen molar-refractivity contribution < 1.29 is 14.3 Å². The van der Waals surface area contributed by atoms with E-state index in [1.165, 1.54) is 0 Å². The average Bonchev–Trinajstić information content (AvgIpc) is 2.59. The van der Waals surface area contributed by atoms with Gasteiger partial charge in [0, 0.05) is 33.2 Å². The third-order valence-corrected chi connectivity index (χ3v) is 4.02. The number of ether oxygens (including phenoxy) is 1. The lowest BCUT2D eigenvalue weighted by atomic mass is 10.1. The van der Waals surface area contributed by atoms with E-state index in [0.29, 0.717) is 31.9 Å². The maximum atomic E-state index is 12.2. The Labute approximate surface area is 149 Å². The van der Waals surface area contributed by atoms with Gasteiger partial charge in [-0.3, -0.25) is 4.79 Å². The van der Waals surface area contributed by atoms with Crippen LogP contribution in [0.3, 0.4) is 0 Å². The van der Waals surface area contributed by atoms with Gasteiger partial charge in [0.05, 0.1) is 11.4 Å². The summed E-state index contributed by atoms with van der Waals surface area (Å²) in [5, 5.41) is 2.60. The van der Waals surface area contributed by atoms with Crippen LogP contribution in [0, 0.1) is 0 Å². The van der Waals surface area contributed by atoms with Crippen LogP contribution >= 0.6 is 0 Å². The molecule has 1 fully saturated rings. The molecule has 1 aromatic rings. The molecule has 7 heteroatoms. The molecule has 1 aliphatic rings. The lowest BCUT2D eigenvalue weighted by molar-refractivity contribution is 0.0240. The molecule has 0 atom stereocenters. The second kappa shape index (κ2) is 7.72. The van der Waals surface area contributed by atoms with Crippen molar-refractivity contribution in [3.8, 4) is 0 Å². The smallest absolute Gasteiger partial charge is 0.410 e. The van der Waals surface area contributed by atoms with Gasteiger partial charge in [0.25, 0.3) is 5.91 Å². The predicted molar refractivity (Wildman–Crippen MR) is 97.0 cm³/mol. The highest BCUT2D eigenvalue weighted by Crippen LogP contribution is 2.22. The van der Waals surface area contributed by atoms with Gasteiger partial charge in [-0.1, -0.05) is 6.92 Å². The van der Waals surface area contributed by atoms with E-state index < -0.39 is 5.60 Å². The Hall–Kier alpha value is -2.31. The van der Waals surface area contributed by atoms with E-state index in [4.69, 9.17) is 4.74 Å². The highest BCUT2D eigenvalue weighted by Gasteiger charge is 2.27. The standard InChI is InChI=1S/C18H28N4O3/c1-6-13-15(8-7-14(20-13)16(23)19-5)21-9-11-22(12-10-21)17(24)25-18(2,3)4/h7-8H,6,9-12H2,1-5H3,(H,19,23). The van der Waals surface area contributed by atoms with Gasteiger partial charge >= 0.3 is 6.09 Å². The molecular weight excluding hydrogens is 320 g/mol. The SMILES string of the molecule is CCc1nc(C(=O)NC)ccc1N1CCN(C(=O)OC(C)(C)C)CC1. The molecular formula is C18H28N4O3. The molecule has 0 bridgehead atoms. The molecule has 0 spiro atoms. The zero-order chi connectivity index (χ0) is 18.6. The van der Waals surface area contributed by atoms with Crippen molar-refractivity contribution >= 4 is 17.7 Å². The predicted octanol–water partition coefficient (Wildman–Crippen LogP) is 2.06. The molecule has 1 aliphatic heterocycles. The quantitative estimate of drug-likeness (QED) is 0.905. The number of amides is 2. The zero-order valence-electron chi connectivity index (χ0n) is 15.8. The monoisotopic (exact) mass is 348 g/mol. The van der Waals surface area contributed by atoms with Gasteiger partial charge in [0.15, 0.2) is 0 Å². The summed E-state index contributed by atoms with van der Waals surface area (Å²) >= 11 is 0. The lowest BCUT2D eigenvalue weighted by Gasteiger charge is -2.37. The Bertz CT molecular complexity index is 632. The number of piperazine rings is 1. The first-order valence-electron chi connectivity index (χ1n) is 8.70. The summed E-state index contributed by atoms with van der Waals surface area (Å²) in [7, 11) is 1.60. The van der Waals surface area contributed by atoms with Crippen molar-refractivity contribution in [3.05, 3.63) is 23.5 Å². The number of hydrogen-bond donors (Lipinski definition) is 1. The molecule has 1 saturated heterocycles. The molecule has 2 amide bonds. The fourth-order valence-corrected chi connectivity index (χ4v) is 2.75. The molecule has 25 heavy (non-hydrogen) atoms. The van der Waals surface area contributed by atoms with Gasteiger partial charge in [0.1, 0.15) is 11.3 Å². The first-order chi connectivity index (χ1) is 11.7. The molecule has 1 N–H and O–H groups in total. The van der Waals surface area contributed by atoms with Crippen LogP contribution in [0.15, 0.2) is 12.1 Å². The summed E-state index contributed by atoms with van der Waals surface area (Å²) in [6.07, 6.45) is 0.475. The topological polar surface area (TPSA) is 74.8 Å². The lowest BCUT2D eigenvalue weighted by Crippen LogP contribution is -2.50. The summed E-state index contributed by atoms with van der Waals surface area (Å²) in [4.78, 5) is 32.3. The van der Waals surface area contributed by atoms with Gasteiger partial charge in [-0.25, -0.2) is 9.78 Å². The Kier molecular flexibility index (Phi) is 5.87. The molecule has 0 saturated carbocycles. The first-order valence-corrected chi connectivity index (χ1v) is 8.70. The van der Waals surface area contributed by atoms with Crippen LogP contribution in [-0.2, 0) is 11.2 Å². The van der Waals surface area contributed by atoms with E-state index in [0.717, 1.165) is 17.8 Å². The van der Waals surface area contributed by atoms with Crippen LogP contribution in [-0.4, -0.2) is 60.7 Å². The Morgan fingerprint density at radius 3 is 2.36 bits per heavy atom. The van der Waals surface area contributed by atoms with Gasteiger partial charge in [0.2, 0.25) is 0 Å². The maximum Gasteiger partial charge on any atom is 0.410 e. The third kappa shape index (κ3) is 4.84. The van der Waals surface area contributed by atoms with Crippen molar-refractivity contribution in [1.82, 2.24) is 15.2 Å². The van der Waals surface area contributed by atoms with E-state index in [1.54, 1.807) is 18.0 Å². The van der Waals surface area contributed by atoms with E-state index in [2.05, 4.69) is 15.2 Å². The Balaban J connectivity index is 2.05. The molecule has 1 aromatic heterocycles. The van der Waals surface area contributed by atoms with Crippen LogP contribution in [0.4, 0.5) is 10.5 Å². The third-order valence-electron chi connectivity index (χ3n) is 4.02. The maximum absolute atomic E-state index is 12.2. The van der Waals surface area contributed by atoms with E-state index in [1.807, 2.05) is 33.8 Å². The number of nitrogens with zero attached hydrogens (tertiary/aromatic N) is 3. The molecule has 2 heterocycles. The molecule has 7 nitrogen and oxygen atoms in total. The summed E-state index contributed by atoms with van der Waals surface area (Å²) < 4.78 is 5.43. The number of carbonyl (C=O) groups excluding carboxylic acids is 2. The van der Waals surface area contributed by atoms with Crippen molar-refractivity contribution in [2.45, 2.75) is 39.7 Å².